The van der Waals surface area contributed by atoms with Crippen molar-refractivity contribution >= 4 is 39.8 Å². The van der Waals surface area contributed by atoms with Crippen LogP contribution >= 0.6 is 39.8 Å². The first kappa shape index (κ1) is 51.6. The van der Waals surface area contributed by atoms with Gasteiger partial charge in [0.15, 0.2) is 0 Å². The molecule has 4 heteroatoms. The molecule has 0 aliphatic heterocycles. The molecule has 0 saturated heterocycles. The summed E-state index contributed by atoms with van der Waals surface area (Å²) in [6, 6.07) is 53.7. The van der Waals surface area contributed by atoms with Gasteiger partial charge in [0.25, 0.3) is 0 Å². The lowest BCUT2D eigenvalue weighted by molar-refractivity contribution is 0.589. The second kappa shape index (κ2) is 18.7. The Morgan fingerprint density at radius 3 is 0.375 bits per heavy atom. The first-order valence-electron chi connectivity index (χ1n) is 23.0. The fourth-order valence-electron chi connectivity index (χ4n) is 7.67. The van der Waals surface area contributed by atoms with Crippen LogP contribution in [0.1, 0.15) is 158 Å². The van der Waals surface area contributed by atoms with Crippen LogP contribution in [0.2, 0.25) is 0 Å². The lowest BCUT2D eigenvalue weighted by atomic mass is 9.87. The van der Waals surface area contributed by atoms with Crippen LogP contribution in [0.25, 0.3) is 0 Å². The lowest BCUT2D eigenvalue weighted by Gasteiger charge is -2.36. The van der Waals surface area contributed by atoms with E-state index in [0.29, 0.717) is 0 Å². The molecule has 0 amide bonds. The van der Waals surface area contributed by atoms with Gasteiger partial charge in [-0.15, -0.1) is 0 Å². The van der Waals surface area contributed by atoms with E-state index in [0.717, 1.165) is 0 Å². The normalized spacial score (nSPS) is 13.8. The predicted molar refractivity (Wildman–Crippen MR) is 287 cm³/mol. The molecular formula is C60H78Cl2S2. The third-order valence-corrected chi connectivity index (χ3v) is 21.0. The Morgan fingerprint density at radius 2 is 0.297 bits per heavy atom. The first-order chi connectivity index (χ1) is 29.3. The van der Waals surface area contributed by atoms with Gasteiger partial charge in [-0.2, -0.15) is 0 Å². The fourth-order valence-corrected chi connectivity index (χ4v) is 14.2. The molecule has 0 heterocycles. The maximum atomic E-state index is 7.70. The Hall–Kier alpha value is -3.40. The van der Waals surface area contributed by atoms with Gasteiger partial charge < -0.3 is 0 Å². The summed E-state index contributed by atoms with van der Waals surface area (Å²) in [5.74, 6) is 0. The van der Waals surface area contributed by atoms with Crippen molar-refractivity contribution in [2.75, 3.05) is 0 Å². The van der Waals surface area contributed by atoms with Crippen molar-refractivity contribution in [3.63, 3.8) is 0 Å². The summed E-state index contributed by atoms with van der Waals surface area (Å²) >= 11 is 0. The minimum atomic E-state index is -1.89. The molecule has 0 radical (unpaired) electrons. The maximum Gasteiger partial charge on any atom is 0.0117 e. The van der Waals surface area contributed by atoms with Crippen LogP contribution in [0.4, 0.5) is 0 Å². The quantitative estimate of drug-likeness (QED) is 0.156. The molecule has 344 valence electrons. The van der Waals surface area contributed by atoms with Crippen molar-refractivity contribution in [2.24, 2.45) is 0 Å². The van der Waals surface area contributed by atoms with E-state index in [9.17, 15) is 0 Å². The van der Waals surface area contributed by atoms with Crippen molar-refractivity contribution in [1.82, 2.24) is 0 Å². The van der Waals surface area contributed by atoms with Crippen LogP contribution in [-0.4, -0.2) is 0 Å². The topological polar surface area (TPSA) is 0 Å². The van der Waals surface area contributed by atoms with Crippen LogP contribution in [0.15, 0.2) is 175 Å². The Balaban J connectivity index is 0.000000241. The minimum Gasteiger partial charge on any atom is -0.0810 e. The predicted octanol–water partition coefficient (Wildman–Crippen LogP) is 20.0. The van der Waals surface area contributed by atoms with Crippen LogP contribution in [-0.2, 0) is 32.5 Å². The van der Waals surface area contributed by atoms with Crippen molar-refractivity contribution in [3.8, 4) is 0 Å². The van der Waals surface area contributed by atoms with Gasteiger partial charge in [-0.3, -0.25) is 0 Å². The number of hydrogen-bond donors (Lipinski definition) is 0. The Kier molecular flexibility index (Phi) is 15.1. The third-order valence-electron chi connectivity index (χ3n) is 12.3. The van der Waals surface area contributed by atoms with Gasteiger partial charge in [0, 0.05) is 29.4 Å². The van der Waals surface area contributed by atoms with Crippen LogP contribution < -0.4 is 0 Å². The third kappa shape index (κ3) is 11.8. The molecule has 6 aromatic rings. The molecule has 0 N–H and O–H groups in total. The molecule has 0 nitrogen and oxygen atoms in total. The number of rotatable bonds is 6. The van der Waals surface area contributed by atoms with E-state index in [1.54, 1.807) is 0 Å². The highest BCUT2D eigenvalue weighted by Crippen LogP contribution is 2.73. The molecule has 0 aliphatic rings. The molecule has 0 spiro atoms. The summed E-state index contributed by atoms with van der Waals surface area (Å²) < 4.78 is 0. The SMILES string of the molecule is CC(C)(C)c1ccc(S(Cl)(c2ccc(C(C)(C)C)cc2)c2ccc(C(C)(C)C)cc2)cc1.CC(C)(C)c1ccc(S(Cl)(c2ccc(C(C)(C)C)cc2)c2ccc(C(C)(C)C)cc2)cc1. The Morgan fingerprint density at radius 1 is 0.203 bits per heavy atom. The summed E-state index contributed by atoms with van der Waals surface area (Å²) in [4.78, 5) is 7.08. The van der Waals surface area contributed by atoms with Gasteiger partial charge in [-0.05, 0) is 139 Å². The van der Waals surface area contributed by atoms with Crippen LogP contribution in [0, 0.1) is 0 Å². The minimum absolute atomic E-state index is 0.117. The first-order valence-corrected chi connectivity index (χ1v) is 27.9. The van der Waals surface area contributed by atoms with E-state index in [1.165, 1.54) is 62.8 Å². The second-order valence-corrected chi connectivity index (χ2v) is 31.5. The zero-order valence-electron chi connectivity index (χ0n) is 42.4. The van der Waals surface area contributed by atoms with E-state index in [4.69, 9.17) is 21.4 Å². The average Bonchev–Trinajstić information content (AvgIpc) is 3.22. The molecule has 0 atom stereocenters. The molecule has 6 rings (SSSR count). The molecule has 0 unspecified atom stereocenters. The van der Waals surface area contributed by atoms with Crippen molar-refractivity contribution in [3.05, 3.63) is 179 Å². The van der Waals surface area contributed by atoms with Gasteiger partial charge in [-0.1, -0.05) is 237 Å². The molecule has 6 aromatic carbocycles. The highest BCUT2D eigenvalue weighted by atomic mass is 35.7. The summed E-state index contributed by atoms with van der Waals surface area (Å²) in [6.45, 7) is 40.5. The van der Waals surface area contributed by atoms with Gasteiger partial charge >= 0.3 is 0 Å². The van der Waals surface area contributed by atoms with Crippen LogP contribution in [0.5, 0.6) is 0 Å². The number of benzene rings is 6. The van der Waals surface area contributed by atoms with E-state index < -0.39 is 18.5 Å². The summed E-state index contributed by atoms with van der Waals surface area (Å²) in [6.07, 6.45) is 0. The summed E-state index contributed by atoms with van der Waals surface area (Å²) in [5, 5.41) is 0. The second-order valence-electron chi connectivity index (χ2n) is 23.7. The summed E-state index contributed by atoms with van der Waals surface area (Å²) in [7, 11) is 11.6. The van der Waals surface area contributed by atoms with E-state index >= 15 is 0 Å². The molecule has 0 bridgehead atoms. The highest BCUT2D eigenvalue weighted by molar-refractivity contribution is 8.51. The molecule has 0 saturated carbocycles. The van der Waals surface area contributed by atoms with E-state index in [1.807, 2.05) is 0 Å². The van der Waals surface area contributed by atoms with Crippen molar-refractivity contribution in [1.29, 1.82) is 0 Å². The van der Waals surface area contributed by atoms with E-state index in [2.05, 4.69) is 270 Å². The lowest BCUT2D eigenvalue weighted by Crippen LogP contribution is -2.12. The Bertz CT molecular complexity index is 1980. The summed E-state index contributed by atoms with van der Waals surface area (Å²) in [5.41, 5.74) is 8.65. The van der Waals surface area contributed by atoms with E-state index in [-0.39, 0.29) is 32.5 Å². The van der Waals surface area contributed by atoms with Gasteiger partial charge in [0.05, 0.1) is 0 Å². The maximum absolute atomic E-state index is 7.70. The average molecular weight is 934 g/mol. The molecular weight excluding hydrogens is 856 g/mol. The largest absolute Gasteiger partial charge is 0.0810 e. The number of halogens is 2. The van der Waals surface area contributed by atoms with Gasteiger partial charge in [-0.25, -0.2) is 0 Å². The molecule has 0 aromatic heterocycles. The highest BCUT2D eigenvalue weighted by Gasteiger charge is 2.32. The van der Waals surface area contributed by atoms with Crippen LogP contribution in [0.3, 0.4) is 0 Å². The molecule has 0 aliphatic carbocycles. The van der Waals surface area contributed by atoms with Gasteiger partial charge in [0.2, 0.25) is 0 Å². The number of hydrogen-bond acceptors (Lipinski definition) is 0. The fraction of sp³-hybridized carbons (Fsp3) is 0.400. The monoisotopic (exact) mass is 932 g/mol. The van der Waals surface area contributed by atoms with Crippen molar-refractivity contribution in [2.45, 2.75) is 186 Å². The standard InChI is InChI=1S/2C30H39ClS/c2*1-28(2,3)22-10-16-25(17-11-22)32(31,26-18-12-23(13-19-26)29(4,5)6)27-20-14-24(15-21-27)30(7,8)9/h2*10-21H,1-9H3. The Labute approximate surface area is 402 Å². The smallest absolute Gasteiger partial charge is 0.0117 e. The van der Waals surface area contributed by atoms with Gasteiger partial charge in [0.1, 0.15) is 0 Å². The van der Waals surface area contributed by atoms with Crippen molar-refractivity contribution < 1.29 is 0 Å². The molecule has 64 heavy (non-hydrogen) atoms. The zero-order valence-corrected chi connectivity index (χ0v) is 45.6. The molecule has 0 fully saturated rings. The zero-order chi connectivity index (χ0) is 47.9.